The normalized spacial score (nSPS) is 15.5. The number of hydrogen-bond donors (Lipinski definition) is 2. The van der Waals surface area contributed by atoms with E-state index in [0.29, 0.717) is 11.5 Å². The maximum Gasteiger partial charge on any atom is 0.234 e. The molecule has 2 unspecified atom stereocenters. The number of nitrogens with zero attached hydrogens (tertiary/aromatic N) is 3. The highest BCUT2D eigenvalue weighted by atomic mass is 79.9. The molecule has 2 aromatic heterocycles. The Bertz CT molecular complexity index is 482. The molecule has 6 heteroatoms. The molecule has 2 rings (SSSR count). The van der Waals surface area contributed by atoms with Crippen molar-refractivity contribution in [1.29, 1.82) is 0 Å². The van der Waals surface area contributed by atoms with Gasteiger partial charge >= 0.3 is 0 Å². The Morgan fingerprint density at radius 2 is 2.27 bits per heavy atom. The summed E-state index contributed by atoms with van der Waals surface area (Å²) in [7, 11) is 0. The van der Waals surface area contributed by atoms with Gasteiger partial charge in [-0.2, -0.15) is 0 Å². The quantitative estimate of drug-likeness (QED) is 0.849. The Morgan fingerprint density at radius 1 is 1.53 bits per heavy atom. The van der Waals surface area contributed by atoms with Crippen molar-refractivity contribution >= 4 is 21.7 Å². The van der Waals surface area contributed by atoms with E-state index in [0.717, 1.165) is 4.47 Å². The fraction of sp³-hybridized carbons (Fsp3) is 0.333. The molecule has 0 spiro atoms. The Kier molecular flexibility index (Phi) is 2.72. The molecule has 2 heterocycles. The van der Waals surface area contributed by atoms with Crippen LogP contribution in [-0.2, 0) is 0 Å². The molecule has 80 valence electrons. The molecule has 2 aromatic rings. The van der Waals surface area contributed by atoms with Crippen molar-refractivity contribution in [3.8, 4) is 0 Å². The summed E-state index contributed by atoms with van der Waals surface area (Å²) in [4.78, 5) is 8.27. The zero-order valence-corrected chi connectivity index (χ0v) is 9.72. The minimum Gasteiger partial charge on any atom is -0.385 e. The van der Waals surface area contributed by atoms with Crippen molar-refractivity contribution in [2.24, 2.45) is 5.73 Å². The lowest BCUT2D eigenvalue weighted by molar-refractivity contribution is 0.149. The average Bonchev–Trinajstić information content (AvgIpc) is 2.58. The summed E-state index contributed by atoms with van der Waals surface area (Å²) in [6, 6.07) is -0.349. The Morgan fingerprint density at radius 3 is 2.93 bits per heavy atom. The fourth-order valence-corrected chi connectivity index (χ4v) is 1.61. The highest BCUT2D eigenvalue weighted by Crippen LogP contribution is 2.16. The highest BCUT2D eigenvalue weighted by Gasteiger charge is 2.16. The SMILES string of the molecule is CC(N)C(O)c1cn2cc(Br)cnc2n1. The van der Waals surface area contributed by atoms with Gasteiger partial charge in [0.15, 0.2) is 0 Å². The third-order valence-corrected chi connectivity index (χ3v) is 2.51. The largest absolute Gasteiger partial charge is 0.385 e. The first-order valence-corrected chi connectivity index (χ1v) is 5.31. The average molecular weight is 271 g/mol. The van der Waals surface area contributed by atoms with E-state index < -0.39 is 6.10 Å². The summed E-state index contributed by atoms with van der Waals surface area (Å²) in [6.45, 7) is 1.73. The molecule has 0 radical (unpaired) electrons. The minimum absolute atomic E-state index is 0.349. The molecule has 0 aliphatic rings. The van der Waals surface area contributed by atoms with Crippen LogP contribution in [0.25, 0.3) is 5.78 Å². The monoisotopic (exact) mass is 270 g/mol. The highest BCUT2D eigenvalue weighted by molar-refractivity contribution is 9.10. The fourth-order valence-electron chi connectivity index (χ4n) is 1.29. The maximum atomic E-state index is 9.73. The number of imidazole rings is 1. The van der Waals surface area contributed by atoms with Crippen LogP contribution in [0.4, 0.5) is 0 Å². The zero-order valence-electron chi connectivity index (χ0n) is 8.13. The molecule has 0 saturated heterocycles. The molecule has 3 N–H and O–H groups in total. The first-order chi connectivity index (χ1) is 7.08. The number of aliphatic hydroxyl groups is 1. The molecule has 0 aliphatic heterocycles. The van der Waals surface area contributed by atoms with Crippen LogP contribution in [0.15, 0.2) is 23.1 Å². The number of halogens is 1. The molecule has 0 fully saturated rings. The lowest BCUT2D eigenvalue weighted by Gasteiger charge is -2.10. The van der Waals surface area contributed by atoms with Crippen LogP contribution in [0.1, 0.15) is 18.7 Å². The van der Waals surface area contributed by atoms with Crippen LogP contribution in [0, 0.1) is 0 Å². The van der Waals surface area contributed by atoms with Crippen LogP contribution in [0.5, 0.6) is 0 Å². The van der Waals surface area contributed by atoms with Gasteiger partial charge in [0.25, 0.3) is 0 Å². The van der Waals surface area contributed by atoms with Gasteiger partial charge in [0.1, 0.15) is 6.10 Å². The van der Waals surface area contributed by atoms with Gasteiger partial charge in [0, 0.05) is 24.6 Å². The first kappa shape index (κ1) is 10.5. The molecule has 15 heavy (non-hydrogen) atoms. The Balaban J connectivity index is 2.47. The molecular formula is C9H11BrN4O. The van der Waals surface area contributed by atoms with E-state index >= 15 is 0 Å². The van der Waals surface area contributed by atoms with E-state index in [1.54, 1.807) is 23.7 Å². The van der Waals surface area contributed by atoms with Crippen LogP contribution in [-0.4, -0.2) is 25.5 Å². The smallest absolute Gasteiger partial charge is 0.234 e. The summed E-state index contributed by atoms with van der Waals surface area (Å²) in [6.07, 6.45) is 4.45. The summed E-state index contributed by atoms with van der Waals surface area (Å²) < 4.78 is 2.60. The molecule has 5 nitrogen and oxygen atoms in total. The van der Waals surface area contributed by atoms with Gasteiger partial charge in [-0.1, -0.05) is 0 Å². The van der Waals surface area contributed by atoms with Gasteiger partial charge in [-0.25, -0.2) is 9.97 Å². The second kappa shape index (κ2) is 3.88. The third kappa shape index (κ3) is 2.01. The standard InChI is InChI=1S/C9H11BrN4O/c1-5(11)8(15)7-4-14-3-6(10)2-12-9(14)13-7/h2-5,8,15H,11H2,1H3. The van der Waals surface area contributed by atoms with Gasteiger partial charge in [-0.05, 0) is 22.9 Å². The van der Waals surface area contributed by atoms with Gasteiger partial charge in [-0.3, -0.25) is 4.40 Å². The van der Waals surface area contributed by atoms with Gasteiger partial charge in [0.2, 0.25) is 5.78 Å². The van der Waals surface area contributed by atoms with Crippen molar-refractivity contribution in [3.63, 3.8) is 0 Å². The molecule has 0 saturated carbocycles. The third-order valence-electron chi connectivity index (χ3n) is 2.10. The number of hydrogen-bond acceptors (Lipinski definition) is 4. The van der Waals surface area contributed by atoms with Crippen molar-refractivity contribution in [2.75, 3.05) is 0 Å². The van der Waals surface area contributed by atoms with Crippen molar-refractivity contribution in [3.05, 3.63) is 28.8 Å². The van der Waals surface area contributed by atoms with E-state index in [4.69, 9.17) is 5.73 Å². The number of aromatic nitrogens is 3. The van der Waals surface area contributed by atoms with Gasteiger partial charge < -0.3 is 10.8 Å². The molecule has 0 bridgehead atoms. The van der Waals surface area contributed by atoms with Crippen molar-refractivity contribution in [1.82, 2.24) is 14.4 Å². The van der Waals surface area contributed by atoms with E-state index in [2.05, 4.69) is 25.9 Å². The van der Waals surface area contributed by atoms with Crippen LogP contribution in [0.2, 0.25) is 0 Å². The minimum atomic E-state index is -0.759. The van der Waals surface area contributed by atoms with E-state index in [1.807, 2.05) is 6.20 Å². The second-order valence-electron chi connectivity index (χ2n) is 3.45. The summed E-state index contributed by atoms with van der Waals surface area (Å²) in [5, 5.41) is 9.73. The summed E-state index contributed by atoms with van der Waals surface area (Å²) >= 11 is 3.31. The topological polar surface area (TPSA) is 76.4 Å². The lowest BCUT2D eigenvalue weighted by Crippen LogP contribution is -2.24. The predicted octanol–water partition coefficient (Wildman–Crippen LogP) is 0.872. The number of rotatable bonds is 2. The number of aliphatic hydroxyl groups excluding tert-OH is 1. The maximum absolute atomic E-state index is 9.73. The molecular weight excluding hydrogens is 260 g/mol. The van der Waals surface area contributed by atoms with E-state index in [9.17, 15) is 5.11 Å². The zero-order chi connectivity index (χ0) is 11.0. The number of fused-ring (bicyclic) bond motifs is 1. The molecule has 0 amide bonds. The van der Waals surface area contributed by atoms with Crippen molar-refractivity contribution < 1.29 is 5.11 Å². The molecule has 0 aromatic carbocycles. The van der Waals surface area contributed by atoms with E-state index in [1.165, 1.54) is 0 Å². The van der Waals surface area contributed by atoms with Crippen LogP contribution in [0.3, 0.4) is 0 Å². The second-order valence-corrected chi connectivity index (χ2v) is 4.36. The molecule has 0 aliphatic carbocycles. The van der Waals surface area contributed by atoms with Gasteiger partial charge in [-0.15, -0.1) is 0 Å². The first-order valence-electron chi connectivity index (χ1n) is 4.51. The molecule has 2 atom stereocenters. The van der Waals surface area contributed by atoms with Crippen LogP contribution >= 0.6 is 15.9 Å². The summed E-state index contributed by atoms with van der Waals surface area (Å²) in [5.74, 6) is 0.549. The Labute approximate surface area is 95.1 Å². The lowest BCUT2D eigenvalue weighted by atomic mass is 10.1. The summed E-state index contributed by atoms with van der Waals surface area (Å²) in [5.41, 5.74) is 6.13. The van der Waals surface area contributed by atoms with Crippen LogP contribution < -0.4 is 5.73 Å². The Hall–Kier alpha value is -0.980. The van der Waals surface area contributed by atoms with Crippen molar-refractivity contribution in [2.45, 2.75) is 19.1 Å². The predicted molar refractivity (Wildman–Crippen MR) is 59.3 cm³/mol. The number of nitrogens with two attached hydrogens (primary N) is 1. The van der Waals surface area contributed by atoms with E-state index in [-0.39, 0.29) is 6.04 Å². The van der Waals surface area contributed by atoms with Gasteiger partial charge in [0.05, 0.1) is 10.2 Å².